The van der Waals surface area contributed by atoms with Gasteiger partial charge in [-0.3, -0.25) is 4.79 Å². The fourth-order valence-corrected chi connectivity index (χ4v) is 4.90. The van der Waals surface area contributed by atoms with Crippen LogP contribution >= 0.6 is 0 Å². The van der Waals surface area contributed by atoms with E-state index in [0.29, 0.717) is 17.8 Å². The molecule has 0 amide bonds. The maximum Gasteiger partial charge on any atom is 0.195 e. The van der Waals surface area contributed by atoms with Crippen LogP contribution in [0.4, 0.5) is 0 Å². The normalized spacial score (nSPS) is 36.2. The van der Waals surface area contributed by atoms with Crippen LogP contribution in [0, 0.1) is 5.92 Å². The minimum atomic E-state index is -1.64. The average Bonchev–Trinajstić information content (AvgIpc) is 2.77. The molecule has 4 heteroatoms. The first kappa shape index (κ1) is 15.6. The van der Waals surface area contributed by atoms with Crippen molar-refractivity contribution in [3.05, 3.63) is 58.9 Å². The molecule has 3 aliphatic rings. The van der Waals surface area contributed by atoms with Gasteiger partial charge in [-0.25, -0.2) is 0 Å². The van der Waals surface area contributed by atoms with E-state index in [0.717, 1.165) is 5.56 Å². The third kappa shape index (κ3) is 1.78. The summed E-state index contributed by atoms with van der Waals surface area (Å²) < 4.78 is 5.17. The summed E-state index contributed by atoms with van der Waals surface area (Å²) in [5, 5.41) is 22.2. The molecule has 0 radical (unpaired) electrons. The SMILES string of the molecule is COC1=CC(=O)[C@@]2(O)C[C@H]3[C@H](c4ccccc4C3(C)C)[C@@H](O)C2=C1. The first-order chi connectivity index (χ1) is 11.3. The average molecular weight is 326 g/mol. The van der Waals surface area contributed by atoms with E-state index < -0.39 is 17.5 Å². The van der Waals surface area contributed by atoms with Gasteiger partial charge in [-0.1, -0.05) is 38.1 Å². The van der Waals surface area contributed by atoms with Crippen molar-refractivity contribution in [3.8, 4) is 0 Å². The lowest BCUT2D eigenvalue weighted by atomic mass is 9.60. The molecule has 4 nitrogen and oxygen atoms in total. The summed E-state index contributed by atoms with van der Waals surface area (Å²) in [4.78, 5) is 12.6. The van der Waals surface area contributed by atoms with Gasteiger partial charge in [0, 0.05) is 17.6 Å². The maximum atomic E-state index is 12.6. The van der Waals surface area contributed by atoms with Gasteiger partial charge in [-0.2, -0.15) is 0 Å². The van der Waals surface area contributed by atoms with Gasteiger partial charge < -0.3 is 14.9 Å². The van der Waals surface area contributed by atoms with E-state index in [9.17, 15) is 15.0 Å². The molecule has 0 spiro atoms. The Labute approximate surface area is 141 Å². The molecular formula is C20H22O4. The van der Waals surface area contributed by atoms with Crippen molar-refractivity contribution in [1.29, 1.82) is 0 Å². The molecule has 2 N–H and O–H groups in total. The predicted molar refractivity (Wildman–Crippen MR) is 89.5 cm³/mol. The third-order valence-electron chi connectivity index (χ3n) is 6.24. The number of allylic oxidation sites excluding steroid dienone is 1. The second-order valence-electron chi connectivity index (χ2n) is 7.67. The monoisotopic (exact) mass is 326 g/mol. The fraction of sp³-hybridized carbons (Fsp3) is 0.450. The van der Waals surface area contributed by atoms with Crippen molar-refractivity contribution in [2.75, 3.05) is 7.11 Å². The second kappa shape index (κ2) is 4.80. The Bertz CT molecular complexity index is 789. The topological polar surface area (TPSA) is 66.8 Å². The lowest BCUT2D eigenvalue weighted by Gasteiger charge is -2.47. The molecule has 126 valence electrons. The first-order valence-electron chi connectivity index (χ1n) is 8.32. The molecule has 0 aliphatic heterocycles. The minimum absolute atomic E-state index is 0.00602. The van der Waals surface area contributed by atoms with Crippen LogP contribution < -0.4 is 0 Å². The Morgan fingerprint density at radius 1 is 1.21 bits per heavy atom. The summed E-state index contributed by atoms with van der Waals surface area (Å²) in [5.41, 5.74) is 0.815. The third-order valence-corrected chi connectivity index (χ3v) is 6.24. The molecule has 1 saturated carbocycles. The predicted octanol–water partition coefficient (Wildman–Crippen LogP) is 2.21. The van der Waals surface area contributed by atoms with E-state index in [-0.39, 0.29) is 17.3 Å². The standard InChI is InChI=1S/C20H22O4/c1-19(2)13-7-5-4-6-12(13)17-15(19)10-20(23)14(18(17)22)8-11(24-3)9-16(20)21/h4-9,15,17-18,22-23H,10H2,1-3H3/t15-,17-,18-,20+/m0/s1. The highest BCUT2D eigenvalue weighted by molar-refractivity contribution is 6.02. The Hall–Kier alpha value is -1.91. The van der Waals surface area contributed by atoms with Crippen molar-refractivity contribution in [3.63, 3.8) is 0 Å². The number of rotatable bonds is 1. The van der Waals surface area contributed by atoms with Crippen LogP contribution in [0.25, 0.3) is 0 Å². The molecule has 0 bridgehead atoms. The Kier molecular flexibility index (Phi) is 3.12. The molecular weight excluding hydrogens is 304 g/mol. The van der Waals surface area contributed by atoms with E-state index in [1.807, 2.05) is 18.2 Å². The molecule has 4 rings (SSSR count). The van der Waals surface area contributed by atoms with Gasteiger partial charge in [0.2, 0.25) is 0 Å². The van der Waals surface area contributed by atoms with Gasteiger partial charge in [0.1, 0.15) is 5.76 Å². The van der Waals surface area contributed by atoms with Crippen LogP contribution in [0.1, 0.15) is 37.3 Å². The number of aliphatic hydroxyl groups excluding tert-OH is 1. The van der Waals surface area contributed by atoms with Crippen LogP contribution in [0.3, 0.4) is 0 Å². The number of carbonyl (C=O) groups is 1. The van der Waals surface area contributed by atoms with Crippen LogP contribution in [0.15, 0.2) is 47.7 Å². The Balaban J connectivity index is 1.89. The molecule has 3 aliphatic carbocycles. The summed E-state index contributed by atoms with van der Waals surface area (Å²) in [7, 11) is 1.48. The summed E-state index contributed by atoms with van der Waals surface area (Å²) in [5.74, 6) is -0.149. The lowest BCUT2D eigenvalue weighted by Crippen LogP contribution is -2.54. The Morgan fingerprint density at radius 2 is 1.92 bits per heavy atom. The number of ether oxygens (including phenoxy) is 1. The minimum Gasteiger partial charge on any atom is -0.497 e. The molecule has 0 unspecified atom stereocenters. The van der Waals surface area contributed by atoms with Gasteiger partial charge in [-0.05, 0) is 35.0 Å². The maximum absolute atomic E-state index is 12.6. The molecule has 24 heavy (non-hydrogen) atoms. The largest absolute Gasteiger partial charge is 0.497 e. The molecule has 1 aromatic carbocycles. The van der Waals surface area contributed by atoms with Gasteiger partial charge in [0.15, 0.2) is 11.4 Å². The number of aliphatic hydroxyl groups is 2. The highest BCUT2D eigenvalue weighted by atomic mass is 16.5. The number of methoxy groups -OCH3 is 1. The van der Waals surface area contributed by atoms with E-state index >= 15 is 0 Å². The number of fused-ring (bicyclic) bond motifs is 4. The summed E-state index contributed by atoms with van der Waals surface area (Å²) in [6, 6.07) is 8.11. The van der Waals surface area contributed by atoms with Crippen molar-refractivity contribution < 1.29 is 19.7 Å². The van der Waals surface area contributed by atoms with Crippen LogP contribution in [-0.2, 0) is 14.9 Å². The van der Waals surface area contributed by atoms with Crippen molar-refractivity contribution in [2.24, 2.45) is 5.92 Å². The van der Waals surface area contributed by atoms with Crippen LogP contribution in [-0.4, -0.2) is 34.8 Å². The quantitative estimate of drug-likeness (QED) is 0.830. The van der Waals surface area contributed by atoms with Crippen LogP contribution in [0.2, 0.25) is 0 Å². The molecule has 4 atom stereocenters. The smallest absolute Gasteiger partial charge is 0.195 e. The lowest BCUT2D eigenvalue weighted by molar-refractivity contribution is -0.136. The van der Waals surface area contributed by atoms with E-state index in [1.165, 1.54) is 18.7 Å². The molecule has 1 aromatic rings. The van der Waals surface area contributed by atoms with E-state index in [2.05, 4.69) is 19.9 Å². The summed E-state index contributed by atoms with van der Waals surface area (Å²) in [6.07, 6.45) is 2.36. The summed E-state index contributed by atoms with van der Waals surface area (Å²) >= 11 is 0. The van der Waals surface area contributed by atoms with Crippen molar-refractivity contribution in [2.45, 2.75) is 43.3 Å². The van der Waals surface area contributed by atoms with E-state index in [4.69, 9.17) is 4.74 Å². The van der Waals surface area contributed by atoms with Gasteiger partial charge in [0.25, 0.3) is 0 Å². The van der Waals surface area contributed by atoms with E-state index in [1.54, 1.807) is 6.08 Å². The molecule has 1 fully saturated rings. The second-order valence-corrected chi connectivity index (χ2v) is 7.67. The van der Waals surface area contributed by atoms with Crippen LogP contribution in [0.5, 0.6) is 0 Å². The number of hydrogen-bond acceptors (Lipinski definition) is 4. The zero-order valence-electron chi connectivity index (χ0n) is 14.1. The number of benzene rings is 1. The van der Waals surface area contributed by atoms with Crippen molar-refractivity contribution >= 4 is 5.78 Å². The molecule has 0 heterocycles. The number of hydrogen-bond donors (Lipinski definition) is 2. The van der Waals surface area contributed by atoms with Gasteiger partial charge >= 0.3 is 0 Å². The Morgan fingerprint density at radius 3 is 2.62 bits per heavy atom. The fourth-order valence-electron chi connectivity index (χ4n) is 4.90. The number of carbonyl (C=O) groups excluding carboxylic acids is 1. The van der Waals surface area contributed by atoms with Gasteiger partial charge in [-0.15, -0.1) is 0 Å². The first-order valence-corrected chi connectivity index (χ1v) is 8.32. The highest BCUT2D eigenvalue weighted by Gasteiger charge is 2.60. The molecule has 0 aromatic heterocycles. The van der Waals surface area contributed by atoms with Crippen molar-refractivity contribution in [1.82, 2.24) is 0 Å². The zero-order valence-corrected chi connectivity index (χ0v) is 14.1. The van der Waals surface area contributed by atoms with Gasteiger partial charge in [0.05, 0.1) is 13.2 Å². The molecule has 0 saturated heterocycles. The zero-order chi connectivity index (χ0) is 17.3. The number of ketones is 1. The summed E-state index contributed by atoms with van der Waals surface area (Å²) in [6.45, 7) is 4.26. The highest BCUT2D eigenvalue weighted by Crippen LogP contribution is 2.59.